The van der Waals surface area contributed by atoms with Crippen molar-refractivity contribution in [2.75, 3.05) is 4.90 Å². The van der Waals surface area contributed by atoms with Gasteiger partial charge in [0, 0.05) is 16.4 Å². The van der Waals surface area contributed by atoms with Crippen molar-refractivity contribution in [3.05, 3.63) is 111 Å². The second kappa shape index (κ2) is 10.6. The summed E-state index contributed by atoms with van der Waals surface area (Å²) >= 11 is 6.23. The minimum atomic E-state index is -0.914. The van der Waals surface area contributed by atoms with Crippen LogP contribution in [0.5, 0.6) is 0 Å². The first-order chi connectivity index (χ1) is 19.3. The van der Waals surface area contributed by atoms with E-state index in [-0.39, 0.29) is 22.2 Å². The molecular formula is C29H22BrN5O3S2. The lowest BCUT2D eigenvalue weighted by atomic mass is 9.96. The number of nitrogens with zero attached hydrogens (tertiary/aromatic N) is 5. The number of anilines is 1. The van der Waals surface area contributed by atoms with Crippen LogP contribution >= 0.6 is 39.0 Å². The number of aryl methyl sites for hydroxylation is 2. The van der Waals surface area contributed by atoms with Gasteiger partial charge in [0.15, 0.2) is 10.1 Å². The van der Waals surface area contributed by atoms with Crippen molar-refractivity contribution < 1.29 is 14.7 Å². The summed E-state index contributed by atoms with van der Waals surface area (Å²) in [6, 6.07) is 20.2. The molecule has 2 aromatic carbocycles. The van der Waals surface area contributed by atoms with E-state index in [4.69, 9.17) is 0 Å². The maximum atomic E-state index is 13.6. The van der Waals surface area contributed by atoms with Crippen LogP contribution in [0, 0.1) is 13.8 Å². The Balaban J connectivity index is 1.45. The van der Waals surface area contributed by atoms with E-state index in [1.54, 1.807) is 0 Å². The minimum absolute atomic E-state index is 0.0408. The van der Waals surface area contributed by atoms with Gasteiger partial charge in [-0.1, -0.05) is 87.6 Å². The standard InChI is InChI=1S/C29H22BrN5O3S2/c1-16-8-7-13-34-17(2)22(31-26(16)34)24(36)21-23(19-11-6-12-20(30)14-19)35(27(38)25(21)37)28-32-33-29(40-28)39-15-18-9-4-3-5-10-18/h3-14,23,36H,15H2,1-2H3. The molecule has 1 N–H and O–H groups in total. The summed E-state index contributed by atoms with van der Waals surface area (Å²) < 4.78 is 3.29. The summed E-state index contributed by atoms with van der Waals surface area (Å²) in [6.45, 7) is 3.74. The highest BCUT2D eigenvalue weighted by Gasteiger charge is 2.49. The number of Topliss-reactive ketones (excluding diaryl/α,β-unsaturated/α-hetero) is 1. The zero-order valence-corrected chi connectivity index (χ0v) is 24.6. The van der Waals surface area contributed by atoms with E-state index in [1.807, 2.05) is 91.2 Å². The summed E-state index contributed by atoms with van der Waals surface area (Å²) in [5.41, 5.74) is 4.23. The minimum Gasteiger partial charge on any atom is -0.505 e. The van der Waals surface area contributed by atoms with E-state index in [9.17, 15) is 14.7 Å². The smallest absolute Gasteiger partial charge is 0.301 e. The summed E-state index contributed by atoms with van der Waals surface area (Å²) in [4.78, 5) is 33.1. The van der Waals surface area contributed by atoms with E-state index >= 15 is 0 Å². The summed E-state index contributed by atoms with van der Waals surface area (Å²) in [6.07, 6.45) is 1.85. The number of thioether (sulfide) groups is 1. The van der Waals surface area contributed by atoms with Crippen LogP contribution in [0.15, 0.2) is 87.3 Å². The highest BCUT2D eigenvalue weighted by molar-refractivity contribution is 9.10. The van der Waals surface area contributed by atoms with E-state index in [0.717, 1.165) is 15.6 Å². The molecule has 6 rings (SSSR count). The van der Waals surface area contributed by atoms with Gasteiger partial charge in [0.25, 0.3) is 5.78 Å². The van der Waals surface area contributed by atoms with Gasteiger partial charge < -0.3 is 9.51 Å². The monoisotopic (exact) mass is 631 g/mol. The molecule has 1 atom stereocenters. The highest BCUT2D eigenvalue weighted by atomic mass is 79.9. The lowest BCUT2D eigenvalue weighted by Crippen LogP contribution is -2.29. The third kappa shape index (κ3) is 4.63. The van der Waals surface area contributed by atoms with Gasteiger partial charge in [-0.15, -0.1) is 10.2 Å². The van der Waals surface area contributed by atoms with Crippen LogP contribution in [0.4, 0.5) is 5.13 Å². The average molecular weight is 633 g/mol. The lowest BCUT2D eigenvalue weighted by molar-refractivity contribution is -0.132. The molecule has 3 aromatic heterocycles. The number of hydrogen-bond acceptors (Lipinski definition) is 8. The number of aliphatic hydroxyl groups is 1. The Morgan fingerprint density at radius 3 is 2.60 bits per heavy atom. The molecule has 0 radical (unpaired) electrons. The van der Waals surface area contributed by atoms with Crippen molar-refractivity contribution in [1.29, 1.82) is 0 Å². The van der Waals surface area contributed by atoms with Gasteiger partial charge in [0.2, 0.25) is 5.13 Å². The predicted molar refractivity (Wildman–Crippen MR) is 160 cm³/mol. The fraction of sp³-hybridized carbons (Fsp3) is 0.138. The topological polar surface area (TPSA) is 101 Å². The molecule has 1 fully saturated rings. The second-order valence-electron chi connectivity index (χ2n) is 9.28. The quantitative estimate of drug-likeness (QED) is 0.0752. The normalized spacial score (nSPS) is 16.8. The van der Waals surface area contributed by atoms with Crippen LogP contribution in [0.3, 0.4) is 0 Å². The Morgan fingerprint density at radius 2 is 1.85 bits per heavy atom. The highest BCUT2D eigenvalue weighted by Crippen LogP contribution is 2.44. The zero-order chi connectivity index (χ0) is 28.0. The van der Waals surface area contributed by atoms with Gasteiger partial charge in [0.05, 0.1) is 17.3 Å². The Morgan fingerprint density at radius 1 is 1.05 bits per heavy atom. The van der Waals surface area contributed by atoms with Crippen LogP contribution in [0.2, 0.25) is 0 Å². The number of benzene rings is 2. The molecule has 1 aliphatic heterocycles. The Bertz CT molecular complexity index is 1820. The largest absolute Gasteiger partial charge is 0.505 e. The van der Waals surface area contributed by atoms with Crippen molar-refractivity contribution in [3.8, 4) is 0 Å². The number of rotatable bonds is 6. The van der Waals surface area contributed by atoms with Crippen LogP contribution in [0.25, 0.3) is 11.4 Å². The molecule has 8 nitrogen and oxygen atoms in total. The molecule has 0 bridgehead atoms. The first kappa shape index (κ1) is 26.4. The van der Waals surface area contributed by atoms with Crippen LogP contribution in [-0.4, -0.2) is 36.4 Å². The number of imidazole rings is 1. The van der Waals surface area contributed by atoms with Crippen molar-refractivity contribution in [2.24, 2.45) is 0 Å². The van der Waals surface area contributed by atoms with Crippen LogP contribution in [0.1, 0.15) is 34.1 Å². The predicted octanol–water partition coefficient (Wildman–Crippen LogP) is 6.48. The molecule has 1 unspecified atom stereocenters. The molecule has 1 amide bonds. The number of pyridine rings is 1. The fourth-order valence-corrected chi connectivity index (χ4v) is 7.01. The summed E-state index contributed by atoms with van der Waals surface area (Å²) in [7, 11) is 0. The van der Waals surface area contributed by atoms with Crippen LogP contribution < -0.4 is 4.90 Å². The van der Waals surface area contributed by atoms with E-state index < -0.39 is 17.7 Å². The maximum Gasteiger partial charge on any atom is 0.301 e. The first-order valence-electron chi connectivity index (χ1n) is 12.3. The number of carbonyl (C=O) groups is 2. The third-order valence-electron chi connectivity index (χ3n) is 6.72. The molecule has 200 valence electrons. The second-order valence-corrected chi connectivity index (χ2v) is 12.4. The van der Waals surface area contributed by atoms with Crippen molar-refractivity contribution >= 4 is 67.3 Å². The number of aliphatic hydroxyl groups excluding tert-OH is 1. The molecule has 11 heteroatoms. The Labute approximate surface area is 246 Å². The summed E-state index contributed by atoms with van der Waals surface area (Å²) in [5, 5.41) is 20.5. The van der Waals surface area contributed by atoms with E-state index in [0.29, 0.717) is 27.0 Å². The molecule has 0 aliphatic carbocycles. The van der Waals surface area contributed by atoms with Crippen molar-refractivity contribution in [3.63, 3.8) is 0 Å². The van der Waals surface area contributed by atoms with Crippen LogP contribution in [-0.2, 0) is 15.3 Å². The number of carbonyl (C=O) groups excluding carboxylic acids is 2. The Kier molecular flexibility index (Phi) is 7.03. The maximum absolute atomic E-state index is 13.6. The van der Waals surface area contributed by atoms with Gasteiger partial charge in [-0.2, -0.15) is 0 Å². The number of fused-ring (bicyclic) bond motifs is 1. The fourth-order valence-electron chi connectivity index (χ4n) is 4.77. The molecule has 0 saturated carbocycles. The number of halogens is 1. The molecule has 0 spiro atoms. The molecule has 1 aliphatic rings. The Hall–Kier alpha value is -3.80. The zero-order valence-electron chi connectivity index (χ0n) is 21.4. The third-order valence-corrected chi connectivity index (χ3v) is 9.34. The molecule has 4 heterocycles. The van der Waals surface area contributed by atoms with Gasteiger partial charge in [0.1, 0.15) is 11.3 Å². The van der Waals surface area contributed by atoms with Gasteiger partial charge in [-0.05, 0) is 48.7 Å². The number of ketones is 1. The molecule has 40 heavy (non-hydrogen) atoms. The SMILES string of the molecule is Cc1cccn2c(C)c(C(O)=C3C(=O)C(=O)N(c4nnc(SCc5ccccc5)s4)C3c3cccc(Br)c3)nc12. The number of amides is 1. The number of hydrogen-bond donors (Lipinski definition) is 1. The lowest BCUT2D eigenvalue weighted by Gasteiger charge is -2.22. The molecular weight excluding hydrogens is 610 g/mol. The first-order valence-corrected chi connectivity index (χ1v) is 14.9. The van der Waals surface area contributed by atoms with Gasteiger partial charge in [-0.3, -0.25) is 14.5 Å². The average Bonchev–Trinajstić information content (AvgIpc) is 3.63. The van der Waals surface area contributed by atoms with Crippen molar-refractivity contribution in [2.45, 2.75) is 30.0 Å². The summed E-state index contributed by atoms with van der Waals surface area (Å²) in [5.74, 6) is -1.21. The van der Waals surface area contributed by atoms with E-state index in [1.165, 1.54) is 28.0 Å². The van der Waals surface area contributed by atoms with Crippen molar-refractivity contribution in [1.82, 2.24) is 19.6 Å². The van der Waals surface area contributed by atoms with Gasteiger partial charge in [-0.25, -0.2) is 4.98 Å². The molecule has 5 aromatic rings. The molecule has 1 saturated heterocycles. The number of aromatic nitrogens is 4. The van der Waals surface area contributed by atoms with Gasteiger partial charge >= 0.3 is 5.91 Å². The van der Waals surface area contributed by atoms with E-state index in [2.05, 4.69) is 31.1 Å².